The third kappa shape index (κ3) is 1.64. The van der Waals surface area contributed by atoms with Crippen LogP contribution < -0.4 is 4.57 Å². The lowest BCUT2D eigenvalue weighted by atomic mass is 10.5. The number of nitrogens with zero attached hydrogens (tertiary/aromatic N) is 4. The number of hydrogen-bond acceptors (Lipinski definition) is 1. The highest BCUT2D eigenvalue weighted by Crippen LogP contribution is 2.14. The van der Waals surface area contributed by atoms with Gasteiger partial charge in [0.05, 0.1) is 13.1 Å². The van der Waals surface area contributed by atoms with E-state index in [1.165, 1.54) is 5.82 Å². The molecular formula is C12H19N4+. The Morgan fingerprint density at radius 1 is 1.12 bits per heavy atom. The number of rotatable bonds is 4. The predicted molar refractivity (Wildman–Crippen MR) is 62.9 cm³/mol. The fourth-order valence-corrected chi connectivity index (χ4v) is 2.00. The lowest BCUT2D eigenvalue weighted by Gasteiger charge is -2.04. The van der Waals surface area contributed by atoms with Gasteiger partial charge in [-0.1, -0.05) is 0 Å². The van der Waals surface area contributed by atoms with Crippen molar-refractivity contribution in [2.75, 3.05) is 0 Å². The Hall–Kier alpha value is -1.58. The molecular weight excluding hydrogens is 200 g/mol. The first-order valence-electron chi connectivity index (χ1n) is 5.91. The van der Waals surface area contributed by atoms with Crippen molar-refractivity contribution in [3.63, 3.8) is 0 Å². The van der Waals surface area contributed by atoms with Crippen LogP contribution in [0.5, 0.6) is 0 Å². The van der Waals surface area contributed by atoms with Crippen LogP contribution in [0.4, 0.5) is 0 Å². The maximum absolute atomic E-state index is 4.47. The first kappa shape index (κ1) is 10.9. The van der Waals surface area contributed by atoms with Crippen molar-refractivity contribution in [3.8, 4) is 11.6 Å². The molecule has 2 heterocycles. The van der Waals surface area contributed by atoms with Crippen molar-refractivity contribution >= 4 is 0 Å². The molecule has 86 valence electrons. The van der Waals surface area contributed by atoms with E-state index in [0.717, 1.165) is 25.5 Å². The molecule has 0 aromatic carbocycles. The normalized spacial score (nSPS) is 10.9. The van der Waals surface area contributed by atoms with Crippen LogP contribution in [-0.4, -0.2) is 14.1 Å². The van der Waals surface area contributed by atoms with E-state index in [-0.39, 0.29) is 0 Å². The summed E-state index contributed by atoms with van der Waals surface area (Å²) in [5.74, 6) is 2.24. The highest BCUT2D eigenvalue weighted by molar-refractivity contribution is 5.40. The molecule has 0 spiro atoms. The molecule has 0 fully saturated rings. The molecule has 4 heteroatoms. The van der Waals surface area contributed by atoms with E-state index >= 15 is 0 Å². The van der Waals surface area contributed by atoms with Crippen molar-refractivity contribution in [1.82, 2.24) is 14.1 Å². The summed E-state index contributed by atoms with van der Waals surface area (Å²) in [4.78, 5) is 4.47. The Morgan fingerprint density at radius 3 is 2.50 bits per heavy atom. The molecule has 4 nitrogen and oxygen atoms in total. The van der Waals surface area contributed by atoms with Crippen LogP contribution in [0.3, 0.4) is 0 Å². The van der Waals surface area contributed by atoms with Crippen LogP contribution in [0, 0.1) is 0 Å². The summed E-state index contributed by atoms with van der Waals surface area (Å²) in [5.41, 5.74) is 0. The Balaban J connectivity index is 2.57. The lowest BCUT2D eigenvalue weighted by Crippen LogP contribution is -2.34. The Kier molecular flexibility index (Phi) is 3.08. The molecule has 0 N–H and O–H groups in total. The van der Waals surface area contributed by atoms with Crippen molar-refractivity contribution in [3.05, 3.63) is 24.8 Å². The molecule has 0 atom stereocenters. The maximum Gasteiger partial charge on any atom is 0.325 e. The van der Waals surface area contributed by atoms with Gasteiger partial charge in [0.1, 0.15) is 12.4 Å². The highest BCUT2D eigenvalue weighted by Gasteiger charge is 2.21. The monoisotopic (exact) mass is 219 g/mol. The van der Waals surface area contributed by atoms with E-state index in [9.17, 15) is 0 Å². The Labute approximate surface area is 96.2 Å². The molecule has 0 radical (unpaired) electrons. The average Bonchev–Trinajstić information content (AvgIpc) is 2.93. The van der Waals surface area contributed by atoms with Crippen LogP contribution in [0.2, 0.25) is 0 Å². The summed E-state index contributed by atoms with van der Waals surface area (Å²) in [7, 11) is 0. The van der Waals surface area contributed by atoms with Crippen molar-refractivity contribution in [2.24, 2.45) is 0 Å². The van der Waals surface area contributed by atoms with Gasteiger partial charge in [0.25, 0.3) is 0 Å². The third-order valence-corrected chi connectivity index (χ3v) is 2.91. The fraction of sp³-hybridized carbons (Fsp3) is 0.500. The van der Waals surface area contributed by atoms with Gasteiger partial charge in [-0.25, -0.2) is 14.1 Å². The second-order valence-corrected chi connectivity index (χ2v) is 3.73. The molecule has 2 rings (SSSR count). The summed E-state index contributed by atoms with van der Waals surface area (Å²) in [6.07, 6.45) is 8.13. The molecule has 0 aliphatic rings. The number of hydrogen-bond donors (Lipinski definition) is 0. The van der Waals surface area contributed by atoms with E-state index in [4.69, 9.17) is 0 Å². The molecule has 0 aliphatic heterocycles. The van der Waals surface area contributed by atoms with Crippen LogP contribution >= 0.6 is 0 Å². The Bertz CT molecular complexity index is 446. The zero-order valence-electron chi connectivity index (χ0n) is 10.2. The minimum Gasteiger partial charge on any atom is -0.325 e. The quantitative estimate of drug-likeness (QED) is 0.719. The molecule has 16 heavy (non-hydrogen) atoms. The van der Waals surface area contributed by atoms with E-state index in [1.54, 1.807) is 0 Å². The Morgan fingerprint density at radius 2 is 1.88 bits per heavy atom. The van der Waals surface area contributed by atoms with E-state index in [0.29, 0.717) is 0 Å². The van der Waals surface area contributed by atoms with Crippen LogP contribution in [0.1, 0.15) is 20.8 Å². The van der Waals surface area contributed by atoms with Gasteiger partial charge < -0.3 is 4.57 Å². The summed E-state index contributed by atoms with van der Waals surface area (Å²) < 4.78 is 6.64. The molecule has 0 unspecified atom stereocenters. The summed E-state index contributed by atoms with van der Waals surface area (Å²) in [5, 5.41) is 0. The zero-order valence-corrected chi connectivity index (χ0v) is 10.2. The van der Waals surface area contributed by atoms with Crippen molar-refractivity contribution in [2.45, 2.75) is 40.4 Å². The van der Waals surface area contributed by atoms with E-state index in [1.807, 2.05) is 12.4 Å². The summed E-state index contributed by atoms with van der Waals surface area (Å²) in [6, 6.07) is 0. The molecule has 2 aromatic rings. The standard InChI is InChI=1S/C12H19N4/c1-4-14-8-7-13-11(14)12-15(5-2)9-10-16(12)6-3/h7-10H,4-6H2,1-3H3/q+1. The molecule has 2 aromatic heterocycles. The van der Waals surface area contributed by atoms with Crippen molar-refractivity contribution < 1.29 is 4.57 Å². The van der Waals surface area contributed by atoms with Gasteiger partial charge >= 0.3 is 5.82 Å². The van der Waals surface area contributed by atoms with Gasteiger partial charge in [-0.3, -0.25) is 0 Å². The molecule has 0 amide bonds. The SMILES string of the molecule is CCn1ccnc1-c1n(CC)cc[n+]1CC. The molecule has 0 saturated heterocycles. The van der Waals surface area contributed by atoms with Gasteiger partial charge in [-0.05, 0) is 20.8 Å². The average molecular weight is 219 g/mol. The molecule has 0 aliphatic carbocycles. The third-order valence-electron chi connectivity index (χ3n) is 2.91. The number of imidazole rings is 2. The smallest absolute Gasteiger partial charge is 0.325 e. The first-order valence-corrected chi connectivity index (χ1v) is 5.91. The predicted octanol–water partition coefficient (Wildman–Crippen LogP) is 1.70. The zero-order chi connectivity index (χ0) is 11.5. The lowest BCUT2D eigenvalue weighted by molar-refractivity contribution is -0.682. The second kappa shape index (κ2) is 4.51. The van der Waals surface area contributed by atoms with Gasteiger partial charge in [-0.2, -0.15) is 0 Å². The number of aromatic nitrogens is 4. The first-order chi connectivity index (χ1) is 7.81. The topological polar surface area (TPSA) is 26.6 Å². The summed E-state index contributed by atoms with van der Waals surface area (Å²) in [6.45, 7) is 9.35. The molecule has 0 saturated carbocycles. The molecule has 0 bridgehead atoms. The van der Waals surface area contributed by atoms with Gasteiger partial charge in [0, 0.05) is 18.9 Å². The minimum absolute atomic E-state index is 0.952. The number of aryl methyl sites for hydroxylation is 3. The van der Waals surface area contributed by atoms with Crippen LogP contribution in [-0.2, 0) is 19.6 Å². The maximum atomic E-state index is 4.47. The van der Waals surface area contributed by atoms with E-state index in [2.05, 4.69) is 51.9 Å². The minimum atomic E-state index is 0.952. The van der Waals surface area contributed by atoms with Gasteiger partial charge in [0.2, 0.25) is 5.82 Å². The highest BCUT2D eigenvalue weighted by atomic mass is 15.2. The van der Waals surface area contributed by atoms with E-state index < -0.39 is 0 Å². The van der Waals surface area contributed by atoms with Crippen LogP contribution in [0.15, 0.2) is 24.8 Å². The van der Waals surface area contributed by atoms with Crippen molar-refractivity contribution in [1.29, 1.82) is 0 Å². The summed E-state index contributed by atoms with van der Waals surface area (Å²) >= 11 is 0. The van der Waals surface area contributed by atoms with Gasteiger partial charge in [0.15, 0.2) is 0 Å². The van der Waals surface area contributed by atoms with Gasteiger partial charge in [-0.15, -0.1) is 0 Å². The largest absolute Gasteiger partial charge is 0.325 e. The fourth-order valence-electron chi connectivity index (χ4n) is 2.00. The van der Waals surface area contributed by atoms with Crippen LogP contribution in [0.25, 0.3) is 11.6 Å². The second-order valence-electron chi connectivity index (χ2n) is 3.73.